The molecule has 18 rings (SSSR count). The minimum Gasteiger partial charge on any atom is -0.537 e. The summed E-state index contributed by atoms with van der Waals surface area (Å²) in [5.41, 5.74) is 27.9. The van der Waals surface area contributed by atoms with E-state index in [1.807, 2.05) is 30.3 Å². The smallest absolute Gasteiger partial charge is 0.537 e. The van der Waals surface area contributed by atoms with Gasteiger partial charge in [-0.1, -0.05) is 315 Å². The van der Waals surface area contributed by atoms with Crippen LogP contribution in [0.25, 0.3) is 66.4 Å². The fourth-order valence-electron chi connectivity index (χ4n) is 16.0. The summed E-state index contributed by atoms with van der Waals surface area (Å²) >= 11 is 0. The zero-order valence-electron chi connectivity index (χ0n) is 55.5. The van der Waals surface area contributed by atoms with Gasteiger partial charge in [0, 0.05) is 34.1 Å². The molecule has 0 fully saturated rings. The molecule has 1 radical (unpaired) electrons. The van der Waals surface area contributed by atoms with E-state index >= 15 is 0 Å². The maximum absolute atomic E-state index is 9.10. The van der Waals surface area contributed by atoms with E-state index in [1.165, 1.54) is 111 Å². The van der Waals surface area contributed by atoms with Gasteiger partial charge in [0.05, 0.1) is 10.8 Å². The van der Waals surface area contributed by atoms with E-state index in [0.29, 0.717) is 13.4 Å². The second kappa shape index (κ2) is 26.9. The molecule has 16 aromatic rings. The van der Waals surface area contributed by atoms with Crippen LogP contribution in [-0.4, -0.2) is 12.7 Å². The molecule has 4 nitrogen and oxygen atoms in total. The summed E-state index contributed by atoms with van der Waals surface area (Å²) in [5, 5.41) is 11.6. The largest absolute Gasteiger partial charge is 0.569 e. The molecule has 0 saturated carbocycles. The molecule has 0 saturated heterocycles. The number of hydrogen-bond acceptors (Lipinski definition) is 4. The number of anilines is 6. The summed E-state index contributed by atoms with van der Waals surface area (Å²) in [6, 6.07) is 146. The van der Waals surface area contributed by atoms with Crippen molar-refractivity contribution in [1.82, 2.24) is 0 Å². The van der Waals surface area contributed by atoms with Crippen LogP contribution in [0, 0.1) is 0 Å². The quantitative estimate of drug-likeness (QED) is 0.104. The first-order valence-electron chi connectivity index (χ1n) is 34.5. The summed E-state index contributed by atoms with van der Waals surface area (Å²) in [6.45, 7) is 0. The van der Waals surface area contributed by atoms with Crippen LogP contribution >= 0.6 is 0 Å². The lowest BCUT2D eigenvalue weighted by Gasteiger charge is -2.35. The van der Waals surface area contributed by atoms with Gasteiger partial charge in [0.25, 0.3) is 0 Å². The predicted molar refractivity (Wildman–Crippen MR) is 419 cm³/mol. The van der Waals surface area contributed by atoms with Crippen molar-refractivity contribution in [2.45, 2.75) is 10.8 Å². The van der Waals surface area contributed by atoms with Crippen molar-refractivity contribution in [3.8, 4) is 61.4 Å². The van der Waals surface area contributed by atoms with Gasteiger partial charge in [-0.25, -0.2) is 0 Å². The van der Waals surface area contributed by atoms with E-state index < -0.39 is 10.8 Å². The molecule has 5 heteroatoms. The molecule has 477 valence electrons. The second-order valence-electron chi connectivity index (χ2n) is 25.8. The van der Waals surface area contributed by atoms with Crippen LogP contribution < -0.4 is 14.5 Å². The Morgan fingerprint density at radius 1 is 0.228 bits per heavy atom. The Kier molecular flexibility index (Phi) is 16.5. The van der Waals surface area contributed by atoms with Gasteiger partial charge in [0.1, 0.15) is 5.75 Å². The molecule has 0 aromatic heterocycles. The van der Waals surface area contributed by atoms with Gasteiger partial charge in [-0.2, -0.15) is 0 Å². The summed E-state index contributed by atoms with van der Waals surface area (Å²) in [5.74, 6) is 0.570. The molecular weight excluding hydrogens is 1220 g/mol. The third-order valence-corrected chi connectivity index (χ3v) is 20.3. The minimum atomic E-state index is -0.479. The van der Waals surface area contributed by atoms with Gasteiger partial charge in [-0.05, 0) is 202 Å². The molecule has 0 amide bonds. The van der Waals surface area contributed by atoms with Crippen molar-refractivity contribution in [2.24, 2.45) is 0 Å². The van der Waals surface area contributed by atoms with E-state index in [4.69, 9.17) is 9.68 Å². The lowest BCUT2D eigenvalue weighted by atomic mass is 9.67. The van der Waals surface area contributed by atoms with Crippen LogP contribution in [0.2, 0.25) is 0 Å². The first kappa shape index (κ1) is 61.8. The van der Waals surface area contributed by atoms with Crippen LogP contribution in [0.3, 0.4) is 0 Å². The molecule has 0 unspecified atom stereocenters. The molecule has 0 atom stereocenters. The van der Waals surface area contributed by atoms with Crippen molar-refractivity contribution in [1.29, 1.82) is 0 Å². The van der Waals surface area contributed by atoms with Crippen molar-refractivity contribution < 1.29 is 9.68 Å². The van der Waals surface area contributed by atoms with Gasteiger partial charge in [-0.15, -0.1) is 0 Å². The minimum absolute atomic E-state index is 0.471. The summed E-state index contributed by atoms with van der Waals surface area (Å²) < 4.78 is 5.19. The van der Waals surface area contributed by atoms with E-state index in [2.05, 4.69) is 386 Å². The number of fused-ring (bicyclic) bond motifs is 7. The molecule has 101 heavy (non-hydrogen) atoms. The molecule has 16 aromatic carbocycles. The molecule has 1 N–H and O–H groups in total. The third-order valence-electron chi connectivity index (χ3n) is 20.3. The summed E-state index contributed by atoms with van der Waals surface area (Å²) in [4.78, 5) is 4.65. The standard InChI is InChI=1S/C59H41N.C37H27BNO2/c1-5-18-43(19-6-1)52-31-16-20-44-21-17-32-53(58(44)52)46-23-15-22-45(40-46)42-34-36-50(37-35-42)60(49-28-11-4-12-29-49)51-38-39-55-54-30-13-14-33-56(54)59(57(55)41-51,47-24-7-2-8-25-47)48-26-9-3-10-27-48;40-38-41-32-23-20-30(21-24-32)39(29-16-8-3-9-17-29)31-22-25-34-33-18-10-11-19-35(33)37(36(34)26-31,27-12-4-1-5-13-27)28-14-6-2-7-15-28/h1-41H;1-26,40H. The Morgan fingerprint density at radius 2 is 0.554 bits per heavy atom. The van der Waals surface area contributed by atoms with Crippen molar-refractivity contribution in [2.75, 3.05) is 9.80 Å². The fourth-order valence-corrected chi connectivity index (χ4v) is 16.0. The van der Waals surface area contributed by atoms with Crippen LogP contribution in [-0.2, 0) is 10.8 Å². The van der Waals surface area contributed by atoms with Gasteiger partial charge in [0.15, 0.2) is 0 Å². The first-order chi connectivity index (χ1) is 50.1. The molecule has 2 aliphatic rings. The molecule has 0 heterocycles. The van der Waals surface area contributed by atoms with Crippen molar-refractivity contribution in [3.05, 3.63) is 451 Å². The Morgan fingerprint density at radius 3 is 1.00 bits per heavy atom. The molecule has 0 bridgehead atoms. The maximum Gasteiger partial charge on any atom is 0.569 e. The summed E-state index contributed by atoms with van der Waals surface area (Å²) in [6.07, 6.45) is 0. The van der Waals surface area contributed by atoms with Crippen LogP contribution in [0.5, 0.6) is 5.75 Å². The Bertz CT molecular complexity index is 5500. The highest BCUT2D eigenvalue weighted by Crippen LogP contribution is 2.59. The third kappa shape index (κ3) is 11.0. The Labute approximate surface area is 591 Å². The average Bonchev–Trinajstić information content (AvgIpc) is 1.56. The monoisotopic (exact) mass is 1290 g/mol. The normalized spacial score (nSPS) is 12.6. The lowest BCUT2D eigenvalue weighted by Crippen LogP contribution is -2.28. The molecule has 0 aliphatic heterocycles. The average molecular weight is 1290 g/mol. The number of hydrogen-bond donors (Lipinski definition) is 1. The van der Waals surface area contributed by atoms with E-state index in [1.54, 1.807) is 0 Å². The van der Waals surface area contributed by atoms with E-state index in [9.17, 15) is 0 Å². The van der Waals surface area contributed by atoms with Crippen molar-refractivity contribution in [3.63, 3.8) is 0 Å². The highest BCUT2D eigenvalue weighted by atomic mass is 16.5. The second-order valence-corrected chi connectivity index (χ2v) is 25.8. The number of benzene rings is 16. The number of rotatable bonds is 15. The number of para-hydroxylation sites is 2. The lowest BCUT2D eigenvalue weighted by molar-refractivity contribution is 0.454. The van der Waals surface area contributed by atoms with E-state index in [-0.39, 0.29) is 0 Å². The molecule has 2 aliphatic carbocycles. The van der Waals surface area contributed by atoms with E-state index in [0.717, 1.165) is 34.1 Å². The topological polar surface area (TPSA) is 35.9 Å². The zero-order chi connectivity index (χ0) is 67.5. The van der Waals surface area contributed by atoms with Crippen molar-refractivity contribution >= 4 is 52.6 Å². The zero-order valence-corrected chi connectivity index (χ0v) is 55.5. The van der Waals surface area contributed by atoms with Gasteiger partial charge in [-0.3, -0.25) is 0 Å². The maximum atomic E-state index is 9.10. The number of nitrogens with zero attached hydrogens (tertiary/aromatic N) is 2. The fraction of sp³-hybridized carbons (Fsp3) is 0.0208. The predicted octanol–water partition coefficient (Wildman–Crippen LogP) is 24.1. The Balaban J connectivity index is 0.000000162. The molecular formula is C96H68BN2O2. The highest BCUT2D eigenvalue weighted by Gasteiger charge is 2.48. The van der Waals surface area contributed by atoms with Gasteiger partial charge >= 0.3 is 7.69 Å². The van der Waals surface area contributed by atoms with Crippen LogP contribution in [0.1, 0.15) is 44.5 Å². The highest BCUT2D eigenvalue weighted by molar-refractivity contribution is 6.17. The van der Waals surface area contributed by atoms with Gasteiger partial charge < -0.3 is 19.5 Å². The van der Waals surface area contributed by atoms with Crippen LogP contribution in [0.15, 0.2) is 406 Å². The Hall–Kier alpha value is -12.8. The van der Waals surface area contributed by atoms with Crippen LogP contribution in [0.4, 0.5) is 34.1 Å². The van der Waals surface area contributed by atoms with Gasteiger partial charge in [0.2, 0.25) is 0 Å². The summed E-state index contributed by atoms with van der Waals surface area (Å²) in [7, 11) is 0.703. The first-order valence-corrected chi connectivity index (χ1v) is 34.5. The SMILES string of the molecule is O[B]Oc1ccc(N(c2ccccc2)c2ccc3c(c2)C(c2ccccc2)(c2ccccc2)c2ccccc2-3)cc1.c1ccc(-c2cccc3cccc(-c4cccc(-c5ccc(N(c6ccccc6)c6ccc7c(c6)C(c6ccccc6)(c6ccccc6)c6ccccc6-7)cc5)c4)c23)cc1. The molecule has 0 spiro atoms.